The van der Waals surface area contributed by atoms with Crippen LogP contribution in [0.1, 0.15) is 38.4 Å². The highest BCUT2D eigenvalue weighted by Crippen LogP contribution is 2.33. The fourth-order valence-electron chi connectivity index (χ4n) is 2.47. The first kappa shape index (κ1) is 9.65. The molecule has 0 radical (unpaired) electrons. The van der Waals surface area contributed by atoms with Crippen molar-refractivity contribution in [1.82, 2.24) is 20.1 Å². The van der Waals surface area contributed by atoms with E-state index in [1.165, 1.54) is 19.3 Å². The molecular formula is C10H18N4. The average Bonchev–Trinajstić information content (AvgIpc) is 2.75. The molecule has 0 spiro atoms. The molecule has 1 N–H and O–H groups in total. The van der Waals surface area contributed by atoms with Crippen molar-refractivity contribution >= 4 is 0 Å². The molecule has 0 aromatic carbocycles. The van der Waals surface area contributed by atoms with Crippen molar-refractivity contribution in [2.24, 2.45) is 7.05 Å². The van der Waals surface area contributed by atoms with Crippen molar-refractivity contribution in [3.8, 4) is 0 Å². The number of hydrogen-bond donors (Lipinski definition) is 1. The van der Waals surface area contributed by atoms with E-state index < -0.39 is 0 Å². The van der Waals surface area contributed by atoms with E-state index in [0.717, 1.165) is 18.8 Å². The van der Waals surface area contributed by atoms with Crippen molar-refractivity contribution < 1.29 is 0 Å². The number of nitrogens with zero attached hydrogens (tertiary/aromatic N) is 3. The molecule has 78 valence electrons. The second-order valence-corrected chi connectivity index (χ2v) is 4.13. The van der Waals surface area contributed by atoms with E-state index in [-0.39, 0.29) is 5.54 Å². The zero-order valence-electron chi connectivity index (χ0n) is 8.95. The monoisotopic (exact) mass is 194 g/mol. The zero-order chi connectivity index (χ0) is 10.0. The maximum atomic E-state index is 4.24. The van der Waals surface area contributed by atoms with Gasteiger partial charge in [-0.1, -0.05) is 13.3 Å². The normalized spacial score (nSPS) is 27.0. The zero-order valence-corrected chi connectivity index (χ0v) is 8.95. The SMILES string of the molecule is CCCC1(c2nncn2C)CCCN1. The van der Waals surface area contributed by atoms with Gasteiger partial charge in [0.1, 0.15) is 6.33 Å². The Morgan fingerprint density at radius 3 is 3.00 bits per heavy atom. The Bertz CT molecular complexity index is 299. The highest BCUT2D eigenvalue weighted by atomic mass is 15.3. The number of aryl methyl sites for hydroxylation is 1. The standard InChI is InChI=1S/C10H18N4/c1-3-5-10(6-4-7-11-10)9-13-12-8-14(9)2/h8,11H,3-7H2,1-2H3. The summed E-state index contributed by atoms with van der Waals surface area (Å²) in [6.07, 6.45) is 6.55. The highest BCUT2D eigenvalue weighted by Gasteiger charge is 2.37. The third-order valence-electron chi connectivity index (χ3n) is 3.06. The van der Waals surface area contributed by atoms with E-state index in [2.05, 4.69) is 22.4 Å². The van der Waals surface area contributed by atoms with Crippen LogP contribution in [-0.4, -0.2) is 21.3 Å². The third-order valence-corrected chi connectivity index (χ3v) is 3.06. The molecule has 1 saturated heterocycles. The van der Waals surface area contributed by atoms with Gasteiger partial charge in [0.2, 0.25) is 0 Å². The Labute approximate surface area is 84.7 Å². The van der Waals surface area contributed by atoms with E-state index in [9.17, 15) is 0 Å². The van der Waals surface area contributed by atoms with Crippen molar-refractivity contribution in [1.29, 1.82) is 0 Å². The Morgan fingerprint density at radius 2 is 2.50 bits per heavy atom. The van der Waals surface area contributed by atoms with Crippen LogP contribution in [-0.2, 0) is 12.6 Å². The molecule has 0 aliphatic carbocycles. The summed E-state index contributed by atoms with van der Waals surface area (Å²) in [5.74, 6) is 1.09. The first-order chi connectivity index (χ1) is 6.78. The summed E-state index contributed by atoms with van der Waals surface area (Å²) in [5.41, 5.74) is 0.0972. The van der Waals surface area contributed by atoms with Gasteiger partial charge in [-0.25, -0.2) is 0 Å². The average molecular weight is 194 g/mol. The van der Waals surface area contributed by atoms with Gasteiger partial charge >= 0.3 is 0 Å². The van der Waals surface area contributed by atoms with Gasteiger partial charge in [0.15, 0.2) is 5.82 Å². The molecule has 1 fully saturated rings. The number of rotatable bonds is 3. The summed E-state index contributed by atoms with van der Waals surface area (Å²) in [7, 11) is 2.02. The topological polar surface area (TPSA) is 42.7 Å². The van der Waals surface area contributed by atoms with Gasteiger partial charge < -0.3 is 9.88 Å². The van der Waals surface area contributed by atoms with Crippen LogP contribution < -0.4 is 5.32 Å². The van der Waals surface area contributed by atoms with Crippen LogP contribution in [0.3, 0.4) is 0 Å². The lowest BCUT2D eigenvalue weighted by Gasteiger charge is -2.27. The van der Waals surface area contributed by atoms with Crippen LogP contribution in [0.15, 0.2) is 6.33 Å². The summed E-state index contributed by atoms with van der Waals surface area (Å²) in [6.45, 7) is 3.32. The van der Waals surface area contributed by atoms with E-state index >= 15 is 0 Å². The molecular weight excluding hydrogens is 176 g/mol. The van der Waals surface area contributed by atoms with Crippen LogP contribution in [0.25, 0.3) is 0 Å². The summed E-state index contributed by atoms with van der Waals surface area (Å²) in [6, 6.07) is 0. The quantitative estimate of drug-likeness (QED) is 0.786. The molecule has 2 rings (SSSR count). The van der Waals surface area contributed by atoms with Crippen molar-refractivity contribution in [2.45, 2.75) is 38.1 Å². The molecule has 4 nitrogen and oxygen atoms in total. The van der Waals surface area contributed by atoms with Crippen LogP contribution in [0.4, 0.5) is 0 Å². The Balaban J connectivity index is 2.31. The molecule has 1 atom stereocenters. The van der Waals surface area contributed by atoms with Gasteiger partial charge in [-0.2, -0.15) is 0 Å². The molecule has 1 aromatic rings. The predicted molar refractivity (Wildman–Crippen MR) is 54.8 cm³/mol. The van der Waals surface area contributed by atoms with E-state index in [0.29, 0.717) is 0 Å². The second kappa shape index (κ2) is 3.69. The van der Waals surface area contributed by atoms with Gasteiger partial charge in [-0.3, -0.25) is 0 Å². The molecule has 1 aromatic heterocycles. The largest absolute Gasteiger partial charge is 0.319 e. The predicted octanol–water partition coefficient (Wildman–Crippen LogP) is 1.19. The van der Waals surface area contributed by atoms with Gasteiger partial charge in [-0.05, 0) is 25.8 Å². The molecule has 2 heterocycles. The van der Waals surface area contributed by atoms with Crippen molar-refractivity contribution in [3.63, 3.8) is 0 Å². The van der Waals surface area contributed by atoms with Crippen molar-refractivity contribution in [3.05, 3.63) is 12.2 Å². The van der Waals surface area contributed by atoms with E-state index in [1.54, 1.807) is 6.33 Å². The molecule has 14 heavy (non-hydrogen) atoms. The van der Waals surface area contributed by atoms with Crippen LogP contribution in [0.2, 0.25) is 0 Å². The van der Waals surface area contributed by atoms with Gasteiger partial charge in [-0.15, -0.1) is 10.2 Å². The lowest BCUT2D eigenvalue weighted by Crippen LogP contribution is -2.39. The summed E-state index contributed by atoms with van der Waals surface area (Å²) in [4.78, 5) is 0. The minimum absolute atomic E-state index is 0.0972. The van der Waals surface area contributed by atoms with Gasteiger partial charge in [0.05, 0.1) is 5.54 Å². The Hall–Kier alpha value is -0.900. The Kier molecular flexibility index (Phi) is 2.54. The smallest absolute Gasteiger partial charge is 0.152 e. The molecule has 1 aliphatic rings. The van der Waals surface area contributed by atoms with Crippen molar-refractivity contribution in [2.75, 3.05) is 6.54 Å². The lowest BCUT2D eigenvalue weighted by atomic mass is 9.91. The highest BCUT2D eigenvalue weighted by molar-refractivity contribution is 5.08. The molecule has 0 bridgehead atoms. The first-order valence-electron chi connectivity index (χ1n) is 5.38. The summed E-state index contributed by atoms with van der Waals surface area (Å²) < 4.78 is 2.04. The fraction of sp³-hybridized carbons (Fsp3) is 0.800. The molecule has 0 amide bonds. The van der Waals surface area contributed by atoms with E-state index in [1.807, 2.05) is 11.6 Å². The maximum absolute atomic E-state index is 4.24. The Morgan fingerprint density at radius 1 is 1.64 bits per heavy atom. The minimum Gasteiger partial charge on any atom is -0.319 e. The molecule has 4 heteroatoms. The van der Waals surface area contributed by atoms with Crippen LogP contribution in [0.5, 0.6) is 0 Å². The maximum Gasteiger partial charge on any atom is 0.152 e. The van der Waals surface area contributed by atoms with Crippen LogP contribution >= 0.6 is 0 Å². The second-order valence-electron chi connectivity index (χ2n) is 4.13. The fourth-order valence-corrected chi connectivity index (χ4v) is 2.47. The first-order valence-corrected chi connectivity index (χ1v) is 5.38. The summed E-state index contributed by atoms with van der Waals surface area (Å²) in [5, 5.41) is 11.8. The van der Waals surface area contributed by atoms with Gasteiger partial charge in [0, 0.05) is 7.05 Å². The lowest BCUT2D eigenvalue weighted by molar-refractivity contribution is 0.325. The summed E-state index contributed by atoms with van der Waals surface area (Å²) >= 11 is 0. The number of nitrogens with one attached hydrogen (secondary N) is 1. The minimum atomic E-state index is 0.0972. The molecule has 0 saturated carbocycles. The number of hydrogen-bond acceptors (Lipinski definition) is 3. The third kappa shape index (κ3) is 1.43. The van der Waals surface area contributed by atoms with Crippen LogP contribution in [0, 0.1) is 0 Å². The van der Waals surface area contributed by atoms with E-state index in [4.69, 9.17) is 0 Å². The molecule has 1 unspecified atom stereocenters. The molecule has 1 aliphatic heterocycles. The number of aromatic nitrogens is 3. The van der Waals surface area contributed by atoms with Gasteiger partial charge in [0.25, 0.3) is 0 Å².